The Hall–Kier alpha value is -2.47. The summed E-state index contributed by atoms with van der Waals surface area (Å²) in [6, 6.07) is 17.4. The Balaban J connectivity index is 1.62. The number of rotatable bonds is 5. The van der Waals surface area contributed by atoms with Gasteiger partial charge in [0.25, 0.3) is 0 Å². The molecule has 0 saturated heterocycles. The molecular formula is C17H14BrN3O2. The highest BCUT2D eigenvalue weighted by molar-refractivity contribution is 9.10. The lowest BCUT2D eigenvalue weighted by Gasteiger charge is -2.03. The van der Waals surface area contributed by atoms with Crippen LogP contribution in [-0.2, 0) is 12.8 Å². The van der Waals surface area contributed by atoms with E-state index in [0.29, 0.717) is 18.0 Å². The zero-order valence-corrected chi connectivity index (χ0v) is 13.8. The number of carbonyl (C=O) groups is 1. The summed E-state index contributed by atoms with van der Waals surface area (Å²) in [5.74, 6) is -0.00898. The minimum Gasteiger partial charge on any atom is -0.417 e. The van der Waals surface area contributed by atoms with Crippen LogP contribution in [-0.4, -0.2) is 16.1 Å². The maximum Gasteiger partial charge on any atom is 0.313 e. The zero-order valence-electron chi connectivity index (χ0n) is 12.2. The topological polar surface area (TPSA) is 68.0 Å². The van der Waals surface area contributed by atoms with Gasteiger partial charge in [-0.1, -0.05) is 42.5 Å². The van der Waals surface area contributed by atoms with Crippen molar-refractivity contribution in [2.75, 3.05) is 5.32 Å². The third-order valence-corrected chi connectivity index (χ3v) is 3.95. The normalized spacial score (nSPS) is 10.5. The van der Waals surface area contributed by atoms with Crippen molar-refractivity contribution in [3.63, 3.8) is 0 Å². The molecule has 0 saturated carbocycles. The van der Waals surface area contributed by atoms with E-state index in [1.807, 2.05) is 48.5 Å². The standard InChI is InChI=1S/C17H14BrN3O2/c18-13-8-4-5-9-14(13)19-16(22)17-21-20-15(23-17)11-10-12-6-2-1-3-7-12/h1-9H,10-11H2,(H,19,22). The minimum absolute atomic E-state index is 0.0381. The molecule has 116 valence electrons. The fourth-order valence-corrected chi connectivity index (χ4v) is 2.46. The third kappa shape index (κ3) is 4.04. The molecule has 3 rings (SSSR count). The summed E-state index contributed by atoms with van der Waals surface area (Å²) in [6.07, 6.45) is 1.38. The molecule has 1 aromatic heterocycles. The van der Waals surface area contributed by atoms with Gasteiger partial charge in [0.2, 0.25) is 5.89 Å². The van der Waals surface area contributed by atoms with Crippen LogP contribution in [0.4, 0.5) is 5.69 Å². The SMILES string of the molecule is O=C(Nc1ccccc1Br)c1nnc(CCc2ccccc2)o1. The van der Waals surface area contributed by atoms with E-state index in [-0.39, 0.29) is 5.89 Å². The van der Waals surface area contributed by atoms with Gasteiger partial charge in [-0.15, -0.1) is 10.2 Å². The highest BCUT2D eigenvalue weighted by atomic mass is 79.9. The second kappa shape index (κ2) is 7.19. The van der Waals surface area contributed by atoms with Gasteiger partial charge in [-0.3, -0.25) is 4.79 Å². The van der Waals surface area contributed by atoms with Crippen molar-refractivity contribution in [3.05, 3.63) is 76.4 Å². The second-order valence-corrected chi connectivity index (χ2v) is 5.77. The van der Waals surface area contributed by atoms with Crippen LogP contribution in [0.5, 0.6) is 0 Å². The Labute approximate surface area is 141 Å². The van der Waals surface area contributed by atoms with Gasteiger partial charge >= 0.3 is 11.8 Å². The van der Waals surface area contributed by atoms with E-state index < -0.39 is 5.91 Å². The number of halogens is 1. The molecule has 1 amide bonds. The minimum atomic E-state index is -0.421. The number of carbonyl (C=O) groups excluding carboxylic acids is 1. The first-order valence-electron chi connectivity index (χ1n) is 7.14. The first kappa shape index (κ1) is 15.4. The molecule has 3 aromatic rings. The van der Waals surface area contributed by atoms with E-state index in [4.69, 9.17) is 4.42 Å². The van der Waals surface area contributed by atoms with E-state index in [1.165, 1.54) is 5.56 Å². The van der Waals surface area contributed by atoms with Crippen LogP contribution in [0.2, 0.25) is 0 Å². The predicted octanol–water partition coefficient (Wildman–Crippen LogP) is 3.87. The number of hydrogen-bond acceptors (Lipinski definition) is 4. The molecule has 23 heavy (non-hydrogen) atoms. The van der Waals surface area contributed by atoms with Gasteiger partial charge in [-0.25, -0.2) is 0 Å². The van der Waals surface area contributed by atoms with Gasteiger partial charge in [-0.2, -0.15) is 0 Å². The van der Waals surface area contributed by atoms with Gasteiger partial charge in [0, 0.05) is 10.9 Å². The van der Waals surface area contributed by atoms with Crippen molar-refractivity contribution in [3.8, 4) is 0 Å². The van der Waals surface area contributed by atoms with Crippen LogP contribution >= 0.6 is 15.9 Å². The zero-order chi connectivity index (χ0) is 16.1. The largest absolute Gasteiger partial charge is 0.417 e. The fourth-order valence-electron chi connectivity index (χ4n) is 2.08. The monoisotopic (exact) mass is 371 g/mol. The van der Waals surface area contributed by atoms with Crippen molar-refractivity contribution in [1.29, 1.82) is 0 Å². The van der Waals surface area contributed by atoms with Gasteiger partial charge < -0.3 is 9.73 Å². The smallest absolute Gasteiger partial charge is 0.313 e. The summed E-state index contributed by atoms with van der Waals surface area (Å²) in [4.78, 5) is 12.1. The van der Waals surface area contributed by atoms with Crippen molar-refractivity contribution in [1.82, 2.24) is 10.2 Å². The van der Waals surface area contributed by atoms with Crippen molar-refractivity contribution < 1.29 is 9.21 Å². The Kier molecular flexibility index (Phi) is 4.83. The Morgan fingerprint density at radius 1 is 1.00 bits per heavy atom. The van der Waals surface area contributed by atoms with E-state index in [0.717, 1.165) is 10.9 Å². The molecule has 0 radical (unpaired) electrons. The van der Waals surface area contributed by atoms with Gasteiger partial charge in [0.15, 0.2) is 0 Å². The molecule has 0 aliphatic carbocycles. The molecule has 0 unspecified atom stereocenters. The lowest BCUT2D eigenvalue weighted by atomic mass is 10.1. The van der Waals surface area contributed by atoms with Crippen LogP contribution < -0.4 is 5.32 Å². The molecule has 0 atom stereocenters. The molecule has 1 heterocycles. The summed E-state index contributed by atoms with van der Waals surface area (Å²) >= 11 is 3.37. The molecule has 6 heteroatoms. The highest BCUT2D eigenvalue weighted by Crippen LogP contribution is 2.21. The van der Waals surface area contributed by atoms with Crippen LogP contribution in [0.1, 0.15) is 22.1 Å². The summed E-state index contributed by atoms with van der Waals surface area (Å²) in [7, 11) is 0. The number of hydrogen-bond donors (Lipinski definition) is 1. The average Bonchev–Trinajstić information content (AvgIpc) is 3.05. The highest BCUT2D eigenvalue weighted by Gasteiger charge is 2.15. The van der Waals surface area contributed by atoms with E-state index in [1.54, 1.807) is 6.07 Å². The quantitative estimate of drug-likeness (QED) is 0.738. The van der Waals surface area contributed by atoms with Crippen LogP contribution in [0.3, 0.4) is 0 Å². The molecule has 0 spiro atoms. The molecule has 2 aromatic carbocycles. The molecular weight excluding hydrogens is 358 g/mol. The number of anilines is 1. The number of amides is 1. The van der Waals surface area contributed by atoms with Crippen molar-refractivity contribution in [2.24, 2.45) is 0 Å². The number of aryl methyl sites for hydroxylation is 2. The maximum absolute atomic E-state index is 12.1. The van der Waals surface area contributed by atoms with E-state index in [2.05, 4.69) is 31.4 Å². The number of nitrogens with zero attached hydrogens (tertiary/aromatic N) is 2. The summed E-state index contributed by atoms with van der Waals surface area (Å²) in [5, 5.41) is 10.5. The summed E-state index contributed by atoms with van der Waals surface area (Å²) < 4.78 is 6.22. The predicted molar refractivity (Wildman–Crippen MR) is 90.2 cm³/mol. The molecule has 5 nitrogen and oxygen atoms in total. The Morgan fingerprint density at radius 3 is 2.52 bits per heavy atom. The molecule has 1 N–H and O–H groups in total. The molecule has 0 aliphatic heterocycles. The summed E-state index contributed by atoms with van der Waals surface area (Å²) in [6.45, 7) is 0. The lowest BCUT2D eigenvalue weighted by molar-refractivity contribution is 0.0988. The van der Waals surface area contributed by atoms with Gasteiger partial charge in [0.1, 0.15) is 0 Å². The van der Waals surface area contributed by atoms with E-state index in [9.17, 15) is 4.79 Å². The number of benzene rings is 2. The fraction of sp³-hybridized carbons (Fsp3) is 0.118. The van der Waals surface area contributed by atoms with Crippen LogP contribution in [0.25, 0.3) is 0 Å². The maximum atomic E-state index is 12.1. The average molecular weight is 372 g/mol. The van der Waals surface area contributed by atoms with Crippen LogP contribution in [0, 0.1) is 0 Å². The number of aromatic nitrogens is 2. The van der Waals surface area contributed by atoms with Gasteiger partial charge in [0.05, 0.1) is 5.69 Å². The first-order valence-corrected chi connectivity index (χ1v) is 7.94. The van der Waals surface area contributed by atoms with Crippen molar-refractivity contribution >= 4 is 27.5 Å². The Bertz CT molecular complexity index is 802. The molecule has 0 bridgehead atoms. The van der Waals surface area contributed by atoms with E-state index >= 15 is 0 Å². The molecule has 0 aliphatic rings. The number of para-hydroxylation sites is 1. The summed E-state index contributed by atoms with van der Waals surface area (Å²) in [5.41, 5.74) is 1.84. The lowest BCUT2D eigenvalue weighted by Crippen LogP contribution is -2.12. The Morgan fingerprint density at radius 2 is 1.74 bits per heavy atom. The third-order valence-electron chi connectivity index (χ3n) is 3.25. The molecule has 0 fully saturated rings. The van der Waals surface area contributed by atoms with Gasteiger partial charge in [-0.05, 0) is 40.0 Å². The number of nitrogens with one attached hydrogen (secondary N) is 1. The second-order valence-electron chi connectivity index (χ2n) is 4.92. The van der Waals surface area contributed by atoms with Crippen LogP contribution in [0.15, 0.2) is 63.5 Å². The first-order chi connectivity index (χ1) is 11.2. The van der Waals surface area contributed by atoms with Crippen molar-refractivity contribution in [2.45, 2.75) is 12.8 Å².